The fraction of sp³-hybridized carbons (Fsp3) is 0.417. The highest BCUT2D eigenvalue weighted by atomic mass is 19.4. The second kappa shape index (κ2) is 10.3. The van der Waals surface area contributed by atoms with Crippen LogP contribution in [0.15, 0.2) is 40.2 Å². The number of aromatic amines is 1. The number of nitrogens with zero attached hydrogens (tertiary/aromatic N) is 2. The summed E-state index contributed by atoms with van der Waals surface area (Å²) in [6, 6.07) is 2.10. The molecule has 2 heterocycles. The van der Waals surface area contributed by atoms with E-state index >= 15 is 0 Å². The zero-order valence-electron chi connectivity index (χ0n) is 20.3. The highest BCUT2D eigenvalue weighted by Gasteiger charge is 2.39. The molecule has 1 amide bonds. The number of esters is 1. The Balaban J connectivity index is 1.87. The van der Waals surface area contributed by atoms with Crippen LogP contribution in [0.5, 0.6) is 0 Å². The zero-order valence-corrected chi connectivity index (χ0v) is 20.3. The second-order valence-electron chi connectivity index (χ2n) is 9.12. The van der Waals surface area contributed by atoms with E-state index in [2.05, 4.69) is 4.98 Å². The van der Waals surface area contributed by atoms with Gasteiger partial charge < -0.3 is 19.6 Å². The number of halogens is 6. The van der Waals surface area contributed by atoms with Crippen LogP contribution in [0.25, 0.3) is 16.7 Å². The zero-order chi connectivity index (χ0) is 28.7. The van der Waals surface area contributed by atoms with Gasteiger partial charge in [-0.15, -0.1) is 0 Å². The number of ether oxygens (including phenoxy) is 1. The van der Waals surface area contributed by atoms with Gasteiger partial charge in [0.1, 0.15) is 6.10 Å². The van der Waals surface area contributed by atoms with Gasteiger partial charge in [0.15, 0.2) is 0 Å². The van der Waals surface area contributed by atoms with Gasteiger partial charge in [0.2, 0.25) is 0 Å². The molecule has 0 bridgehead atoms. The third-order valence-electron chi connectivity index (χ3n) is 6.40. The summed E-state index contributed by atoms with van der Waals surface area (Å²) in [4.78, 5) is 50.4. The summed E-state index contributed by atoms with van der Waals surface area (Å²) in [5, 5.41) is 1.64. The number of H-pyrrole nitrogens is 1. The number of rotatable bonds is 5. The number of fused-ring (bicyclic) bond motifs is 1. The van der Waals surface area contributed by atoms with Crippen LogP contribution in [0, 0.1) is 0 Å². The minimum atomic E-state index is -5.13. The van der Waals surface area contributed by atoms with Gasteiger partial charge >= 0.3 is 35.3 Å². The highest BCUT2D eigenvalue weighted by Crippen LogP contribution is 2.38. The fourth-order valence-electron chi connectivity index (χ4n) is 4.74. The van der Waals surface area contributed by atoms with E-state index in [1.807, 2.05) is 0 Å². The number of hydrogen-bond donors (Lipinski definition) is 2. The molecule has 0 spiro atoms. The van der Waals surface area contributed by atoms with Crippen molar-refractivity contribution in [1.29, 1.82) is 0 Å². The normalized spacial score (nSPS) is 18.2. The van der Waals surface area contributed by atoms with Gasteiger partial charge in [-0.2, -0.15) is 26.3 Å². The molecule has 0 saturated heterocycles. The lowest BCUT2D eigenvalue weighted by Crippen LogP contribution is -2.43. The SMILES string of the molecule is CC(=O)OC1CCCCC1n1c(=O)c(=O)[nH]c2cc(C(F)(F)F)c(-n3ccc(CNC(=O)C(F)(F)F)c3)cc21. The van der Waals surface area contributed by atoms with E-state index in [4.69, 9.17) is 4.74 Å². The first-order chi connectivity index (χ1) is 18.2. The van der Waals surface area contributed by atoms with E-state index in [-0.39, 0.29) is 16.6 Å². The summed E-state index contributed by atoms with van der Waals surface area (Å²) in [7, 11) is 0. The number of alkyl halides is 6. The molecule has 2 aromatic heterocycles. The van der Waals surface area contributed by atoms with E-state index in [0.29, 0.717) is 31.7 Å². The van der Waals surface area contributed by atoms with Crippen molar-refractivity contribution in [1.82, 2.24) is 19.4 Å². The first kappa shape index (κ1) is 28.0. The molecule has 39 heavy (non-hydrogen) atoms. The number of carbonyl (C=O) groups is 2. The number of nitrogens with one attached hydrogen (secondary N) is 2. The van der Waals surface area contributed by atoms with Crippen molar-refractivity contribution in [2.24, 2.45) is 0 Å². The van der Waals surface area contributed by atoms with E-state index in [9.17, 15) is 45.5 Å². The second-order valence-corrected chi connectivity index (χ2v) is 9.12. The Morgan fingerprint density at radius 2 is 1.79 bits per heavy atom. The molecule has 1 saturated carbocycles. The minimum Gasteiger partial charge on any atom is -0.460 e. The maximum atomic E-state index is 14.1. The first-order valence-corrected chi connectivity index (χ1v) is 11.8. The molecular weight excluding hydrogens is 538 g/mol. The van der Waals surface area contributed by atoms with Gasteiger partial charge in [0.05, 0.1) is 28.3 Å². The number of aromatic nitrogens is 3. The molecule has 4 rings (SSSR count). The number of hydrogen-bond acceptors (Lipinski definition) is 5. The van der Waals surface area contributed by atoms with Gasteiger partial charge in [0.25, 0.3) is 0 Å². The van der Waals surface area contributed by atoms with Crippen molar-refractivity contribution in [3.05, 3.63) is 62.4 Å². The van der Waals surface area contributed by atoms with Crippen LogP contribution in [-0.4, -0.2) is 38.3 Å². The van der Waals surface area contributed by atoms with Crippen LogP contribution in [0.2, 0.25) is 0 Å². The van der Waals surface area contributed by atoms with Crippen molar-refractivity contribution in [2.45, 2.75) is 63.7 Å². The van der Waals surface area contributed by atoms with Gasteiger partial charge in [-0.3, -0.25) is 23.7 Å². The third-order valence-corrected chi connectivity index (χ3v) is 6.40. The van der Waals surface area contributed by atoms with Crippen molar-refractivity contribution in [3.63, 3.8) is 0 Å². The van der Waals surface area contributed by atoms with Gasteiger partial charge in [-0.25, -0.2) is 0 Å². The molecule has 1 fully saturated rings. The molecule has 0 aliphatic heterocycles. The van der Waals surface area contributed by atoms with Crippen LogP contribution >= 0.6 is 0 Å². The Kier molecular flexibility index (Phi) is 7.36. The van der Waals surface area contributed by atoms with E-state index in [0.717, 1.165) is 27.6 Å². The van der Waals surface area contributed by atoms with Gasteiger partial charge in [-0.05, 0) is 43.0 Å². The quantitative estimate of drug-likeness (QED) is 0.281. The molecular formula is C24H22F6N4O5. The molecule has 1 aliphatic rings. The van der Waals surface area contributed by atoms with E-state index in [1.165, 1.54) is 13.0 Å². The Hall–Kier alpha value is -4.04. The molecule has 1 aliphatic carbocycles. The van der Waals surface area contributed by atoms with Crippen LogP contribution in [0.4, 0.5) is 26.3 Å². The molecule has 2 unspecified atom stereocenters. The topological polar surface area (TPSA) is 115 Å². The molecule has 2 atom stereocenters. The number of amides is 1. The summed E-state index contributed by atoms with van der Waals surface area (Å²) in [6.07, 6.45) is -6.62. The van der Waals surface area contributed by atoms with Crippen molar-refractivity contribution in [3.8, 4) is 5.69 Å². The van der Waals surface area contributed by atoms with E-state index < -0.39 is 65.3 Å². The third kappa shape index (κ3) is 5.86. The van der Waals surface area contributed by atoms with Crippen molar-refractivity contribution in [2.75, 3.05) is 0 Å². The Morgan fingerprint density at radius 3 is 2.44 bits per heavy atom. The summed E-state index contributed by atoms with van der Waals surface area (Å²) in [5.74, 6) is -2.83. The number of benzene rings is 1. The van der Waals surface area contributed by atoms with Crippen LogP contribution < -0.4 is 16.4 Å². The summed E-state index contributed by atoms with van der Waals surface area (Å²) in [5.41, 5.74) is -4.15. The van der Waals surface area contributed by atoms with Gasteiger partial charge in [0, 0.05) is 25.9 Å². The summed E-state index contributed by atoms with van der Waals surface area (Å²) in [6.45, 7) is 0.573. The maximum absolute atomic E-state index is 14.1. The lowest BCUT2D eigenvalue weighted by molar-refractivity contribution is -0.173. The van der Waals surface area contributed by atoms with Crippen molar-refractivity contribution >= 4 is 22.9 Å². The monoisotopic (exact) mass is 560 g/mol. The summed E-state index contributed by atoms with van der Waals surface area (Å²) >= 11 is 0. The first-order valence-electron chi connectivity index (χ1n) is 11.8. The summed E-state index contributed by atoms with van der Waals surface area (Å²) < 4.78 is 87.1. The van der Waals surface area contributed by atoms with Gasteiger partial charge in [-0.1, -0.05) is 6.42 Å². The molecule has 1 aromatic carbocycles. The van der Waals surface area contributed by atoms with Crippen molar-refractivity contribution < 1.29 is 40.7 Å². The molecule has 2 N–H and O–H groups in total. The van der Waals surface area contributed by atoms with Crippen LogP contribution in [-0.2, 0) is 27.0 Å². The standard InChI is InChI=1S/C24H22F6N4O5/c1-12(35)39-19-5-3-2-4-16(19)34-18-9-17(14(23(25,26)27)8-15(18)32-20(36)21(34)37)33-7-6-13(11-33)10-31-22(38)24(28,29)30/h6-9,11,16,19H,2-5,10H2,1H3,(H,31,38)(H,32,36). The van der Waals surface area contributed by atoms with E-state index in [1.54, 1.807) is 5.32 Å². The smallest absolute Gasteiger partial charge is 0.460 e. The van der Waals surface area contributed by atoms with Crippen LogP contribution in [0.1, 0.15) is 49.8 Å². The lowest BCUT2D eigenvalue weighted by Gasteiger charge is -2.33. The Labute approximate surface area is 215 Å². The average molecular weight is 560 g/mol. The molecule has 9 nitrogen and oxygen atoms in total. The maximum Gasteiger partial charge on any atom is 0.471 e. The Morgan fingerprint density at radius 1 is 1.10 bits per heavy atom. The predicted octanol–water partition coefficient (Wildman–Crippen LogP) is 3.72. The predicted molar refractivity (Wildman–Crippen MR) is 124 cm³/mol. The van der Waals surface area contributed by atoms with Crippen LogP contribution in [0.3, 0.4) is 0 Å². The fourth-order valence-corrected chi connectivity index (χ4v) is 4.74. The average Bonchev–Trinajstić information content (AvgIpc) is 3.31. The molecule has 3 aromatic rings. The minimum absolute atomic E-state index is 0.0627. The largest absolute Gasteiger partial charge is 0.471 e. The molecule has 0 radical (unpaired) electrons. The highest BCUT2D eigenvalue weighted by molar-refractivity contribution is 5.81. The molecule has 15 heteroatoms. The number of carbonyl (C=O) groups excluding carboxylic acids is 2. The lowest BCUT2D eigenvalue weighted by atomic mass is 9.91. The molecule has 210 valence electrons. The Bertz CT molecular complexity index is 1530.